The first kappa shape index (κ1) is 20.2. The molecule has 1 saturated heterocycles. The van der Waals surface area contributed by atoms with E-state index in [-0.39, 0.29) is 10.9 Å². The van der Waals surface area contributed by atoms with Crippen LogP contribution in [0.4, 0.5) is 5.69 Å². The van der Waals surface area contributed by atoms with Gasteiger partial charge in [0.05, 0.1) is 23.6 Å². The highest BCUT2D eigenvalue weighted by Crippen LogP contribution is 2.34. The van der Waals surface area contributed by atoms with Crippen molar-refractivity contribution in [3.63, 3.8) is 0 Å². The van der Waals surface area contributed by atoms with Crippen LogP contribution in [0.25, 0.3) is 0 Å². The molecule has 0 spiro atoms. The SMILES string of the molecule is Cc1nc([C@H]2CCCN2S(=O)(=O)c2cn(C)cn2)ncc1C(=O)Nc1ccccc1. The molecule has 4 rings (SSSR count). The molecule has 156 valence electrons. The second-order valence-electron chi connectivity index (χ2n) is 7.20. The van der Waals surface area contributed by atoms with Crippen molar-refractivity contribution >= 4 is 21.6 Å². The number of nitrogens with one attached hydrogen (secondary N) is 1. The van der Waals surface area contributed by atoms with Gasteiger partial charge in [-0.25, -0.2) is 23.4 Å². The number of aryl methyl sites for hydroxylation is 2. The molecule has 1 fully saturated rings. The average Bonchev–Trinajstić information content (AvgIpc) is 3.38. The molecule has 1 aromatic carbocycles. The standard InChI is InChI=1S/C20H22N6O3S/c1-14-16(20(27)24-15-7-4-3-5-8-15)11-21-19(23-14)17-9-6-10-26(17)30(28,29)18-12-25(2)13-22-18/h3-5,7-8,11-13,17H,6,9-10H2,1-2H3,(H,24,27)/t17-/m1/s1. The predicted molar refractivity (Wildman–Crippen MR) is 110 cm³/mol. The van der Waals surface area contributed by atoms with Gasteiger partial charge in [0.1, 0.15) is 5.82 Å². The Hall–Kier alpha value is -3.11. The van der Waals surface area contributed by atoms with Crippen LogP contribution in [0, 0.1) is 6.92 Å². The number of benzene rings is 1. The lowest BCUT2D eigenvalue weighted by Crippen LogP contribution is -2.32. The second kappa shape index (κ2) is 7.96. The molecule has 1 aliphatic rings. The molecule has 0 radical (unpaired) electrons. The van der Waals surface area contributed by atoms with E-state index in [4.69, 9.17) is 0 Å². The van der Waals surface area contributed by atoms with Crippen LogP contribution in [-0.2, 0) is 17.1 Å². The van der Waals surface area contributed by atoms with Gasteiger partial charge in [-0.2, -0.15) is 4.31 Å². The topological polar surface area (TPSA) is 110 Å². The molecular formula is C20H22N6O3S. The largest absolute Gasteiger partial charge is 0.339 e. The molecule has 3 aromatic rings. The molecule has 1 aliphatic heterocycles. The van der Waals surface area contributed by atoms with E-state index in [1.165, 1.54) is 23.0 Å². The Morgan fingerprint density at radius 2 is 1.97 bits per heavy atom. The van der Waals surface area contributed by atoms with Gasteiger partial charge in [-0.05, 0) is 31.9 Å². The number of rotatable bonds is 5. The maximum atomic E-state index is 13.0. The Labute approximate surface area is 174 Å². The third kappa shape index (κ3) is 3.83. The van der Waals surface area contributed by atoms with Crippen molar-refractivity contribution in [3.8, 4) is 0 Å². The van der Waals surface area contributed by atoms with Crippen molar-refractivity contribution in [1.29, 1.82) is 0 Å². The smallest absolute Gasteiger partial charge is 0.262 e. The van der Waals surface area contributed by atoms with E-state index in [0.717, 1.165) is 0 Å². The van der Waals surface area contributed by atoms with Gasteiger partial charge in [0, 0.05) is 31.7 Å². The van der Waals surface area contributed by atoms with Gasteiger partial charge in [-0.15, -0.1) is 0 Å². The Kier molecular flexibility index (Phi) is 5.35. The fourth-order valence-electron chi connectivity index (χ4n) is 3.52. The van der Waals surface area contributed by atoms with E-state index < -0.39 is 16.1 Å². The summed E-state index contributed by atoms with van der Waals surface area (Å²) in [5.74, 6) is 0.0791. The molecule has 1 amide bonds. The normalized spacial score (nSPS) is 17.2. The fourth-order valence-corrected chi connectivity index (χ4v) is 5.14. The summed E-state index contributed by atoms with van der Waals surface area (Å²) in [6.07, 6.45) is 5.71. The summed E-state index contributed by atoms with van der Waals surface area (Å²) in [5.41, 5.74) is 1.52. The molecule has 0 saturated carbocycles. The number of nitrogens with zero attached hydrogens (tertiary/aromatic N) is 5. The first-order valence-electron chi connectivity index (χ1n) is 9.56. The van der Waals surface area contributed by atoms with Crippen LogP contribution >= 0.6 is 0 Å². The average molecular weight is 427 g/mol. The van der Waals surface area contributed by atoms with Crippen molar-refractivity contribution in [2.75, 3.05) is 11.9 Å². The molecule has 30 heavy (non-hydrogen) atoms. The summed E-state index contributed by atoms with van der Waals surface area (Å²) >= 11 is 0. The predicted octanol–water partition coefficient (Wildman–Crippen LogP) is 2.30. The van der Waals surface area contributed by atoms with E-state index in [0.29, 0.717) is 42.2 Å². The highest BCUT2D eigenvalue weighted by atomic mass is 32.2. The van der Waals surface area contributed by atoms with Crippen molar-refractivity contribution in [2.24, 2.45) is 7.05 Å². The van der Waals surface area contributed by atoms with Crippen LogP contribution in [0.3, 0.4) is 0 Å². The highest BCUT2D eigenvalue weighted by Gasteiger charge is 2.39. The molecule has 2 aromatic heterocycles. The van der Waals surface area contributed by atoms with Crippen molar-refractivity contribution in [1.82, 2.24) is 23.8 Å². The Morgan fingerprint density at radius 3 is 2.63 bits per heavy atom. The lowest BCUT2D eigenvalue weighted by atomic mass is 10.2. The quantitative estimate of drug-likeness (QED) is 0.670. The number of para-hydroxylation sites is 1. The summed E-state index contributed by atoms with van der Waals surface area (Å²) in [6, 6.07) is 8.63. The number of hydrogen-bond donors (Lipinski definition) is 1. The van der Waals surface area contributed by atoms with E-state index >= 15 is 0 Å². The summed E-state index contributed by atoms with van der Waals surface area (Å²) < 4.78 is 29.0. The van der Waals surface area contributed by atoms with Crippen molar-refractivity contribution in [2.45, 2.75) is 30.8 Å². The summed E-state index contributed by atoms with van der Waals surface area (Å²) in [7, 11) is -2.03. The van der Waals surface area contributed by atoms with Gasteiger partial charge in [0.2, 0.25) is 0 Å². The first-order valence-corrected chi connectivity index (χ1v) is 11.0. The van der Waals surface area contributed by atoms with E-state index in [9.17, 15) is 13.2 Å². The summed E-state index contributed by atoms with van der Waals surface area (Å²) in [6.45, 7) is 2.10. The molecule has 1 atom stereocenters. The zero-order valence-corrected chi connectivity index (χ0v) is 17.5. The van der Waals surface area contributed by atoms with Gasteiger partial charge < -0.3 is 9.88 Å². The number of hydrogen-bond acceptors (Lipinski definition) is 6. The van der Waals surface area contributed by atoms with E-state index in [2.05, 4.69) is 20.3 Å². The Bertz CT molecular complexity index is 1180. The number of carbonyl (C=O) groups is 1. The molecule has 0 aliphatic carbocycles. The zero-order valence-electron chi connectivity index (χ0n) is 16.7. The van der Waals surface area contributed by atoms with Gasteiger partial charge in [0.25, 0.3) is 15.9 Å². The second-order valence-corrected chi connectivity index (χ2v) is 9.04. The van der Waals surface area contributed by atoms with Crippen LogP contribution < -0.4 is 5.32 Å². The minimum absolute atomic E-state index is 0.00693. The lowest BCUT2D eigenvalue weighted by Gasteiger charge is -2.22. The molecule has 10 heteroatoms. The van der Waals surface area contributed by atoms with Crippen LogP contribution in [-0.4, -0.2) is 44.7 Å². The van der Waals surface area contributed by atoms with E-state index in [1.54, 1.807) is 30.7 Å². The summed E-state index contributed by atoms with van der Waals surface area (Å²) in [5, 5.41) is 2.82. The van der Waals surface area contributed by atoms with Gasteiger partial charge in [0.15, 0.2) is 5.03 Å². The zero-order chi connectivity index (χ0) is 21.3. The molecule has 9 nitrogen and oxygen atoms in total. The number of anilines is 1. The minimum atomic E-state index is -3.75. The Morgan fingerprint density at radius 1 is 1.20 bits per heavy atom. The number of amides is 1. The fraction of sp³-hybridized carbons (Fsp3) is 0.300. The van der Waals surface area contributed by atoms with Gasteiger partial charge in [-0.1, -0.05) is 18.2 Å². The van der Waals surface area contributed by atoms with Gasteiger partial charge in [-0.3, -0.25) is 4.79 Å². The summed E-state index contributed by atoms with van der Waals surface area (Å²) in [4.78, 5) is 25.4. The molecule has 0 bridgehead atoms. The maximum Gasteiger partial charge on any atom is 0.262 e. The van der Waals surface area contributed by atoms with Crippen LogP contribution in [0.2, 0.25) is 0 Å². The third-order valence-corrected chi connectivity index (χ3v) is 6.82. The van der Waals surface area contributed by atoms with Gasteiger partial charge >= 0.3 is 0 Å². The third-order valence-electron chi connectivity index (χ3n) is 5.03. The number of imidazole rings is 1. The first-order chi connectivity index (χ1) is 14.4. The minimum Gasteiger partial charge on any atom is -0.339 e. The monoisotopic (exact) mass is 426 g/mol. The molecule has 0 unspecified atom stereocenters. The molecule has 1 N–H and O–H groups in total. The molecular weight excluding hydrogens is 404 g/mol. The maximum absolute atomic E-state index is 13.0. The van der Waals surface area contributed by atoms with Crippen LogP contribution in [0.5, 0.6) is 0 Å². The van der Waals surface area contributed by atoms with Crippen molar-refractivity contribution < 1.29 is 13.2 Å². The number of aromatic nitrogens is 4. The van der Waals surface area contributed by atoms with Crippen molar-refractivity contribution in [3.05, 3.63) is 66.1 Å². The number of carbonyl (C=O) groups excluding carboxylic acids is 1. The highest BCUT2D eigenvalue weighted by molar-refractivity contribution is 7.89. The van der Waals surface area contributed by atoms with E-state index in [1.807, 2.05) is 18.2 Å². The van der Waals surface area contributed by atoms with Crippen LogP contribution in [0.15, 0.2) is 54.1 Å². The Balaban J connectivity index is 1.58. The van der Waals surface area contributed by atoms with Crippen LogP contribution in [0.1, 0.15) is 40.8 Å². The molecule has 3 heterocycles. The number of sulfonamides is 1. The lowest BCUT2D eigenvalue weighted by molar-refractivity contribution is 0.102.